The number of nitrogens with one attached hydrogen (secondary N) is 1. The minimum Gasteiger partial charge on any atom is -0.457 e. The molecule has 0 saturated carbocycles. The van der Waals surface area contributed by atoms with Gasteiger partial charge in [0.1, 0.15) is 17.8 Å². The Balaban J connectivity index is 1.34. The third-order valence-corrected chi connectivity index (χ3v) is 4.70. The van der Waals surface area contributed by atoms with E-state index in [2.05, 4.69) is 20.6 Å². The predicted octanol–water partition coefficient (Wildman–Crippen LogP) is 4.84. The van der Waals surface area contributed by atoms with Crippen molar-refractivity contribution >= 4 is 17.2 Å². The summed E-state index contributed by atoms with van der Waals surface area (Å²) in [6, 6.07) is 27.8. The SMILES string of the molecule is O=C(Nc1ccc(-c2ccc3nncn3n2)cc1)c1ccccc1Oc1ccccc1. The monoisotopic (exact) mass is 407 g/mol. The number of hydrogen-bond donors (Lipinski definition) is 1. The van der Waals surface area contributed by atoms with Crippen molar-refractivity contribution in [1.82, 2.24) is 19.8 Å². The van der Waals surface area contributed by atoms with Gasteiger partial charge in [-0.1, -0.05) is 42.5 Å². The highest BCUT2D eigenvalue weighted by Gasteiger charge is 2.13. The number of anilines is 1. The molecule has 0 aliphatic heterocycles. The topological polar surface area (TPSA) is 81.4 Å². The third-order valence-electron chi connectivity index (χ3n) is 4.70. The number of ether oxygens (including phenoxy) is 1. The highest BCUT2D eigenvalue weighted by Crippen LogP contribution is 2.26. The third kappa shape index (κ3) is 3.97. The number of benzene rings is 3. The first-order valence-corrected chi connectivity index (χ1v) is 9.67. The van der Waals surface area contributed by atoms with E-state index in [-0.39, 0.29) is 5.91 Å². The van der Waals surface area contributed by atoms with Crippen LogP contribution in [-0.2, 0) is 0 Å². The van der Waals surface area contributed by atoms with Crippen LogP contribution in [0, 0.1) is 0 Å². The summed E-state index contributed by atoms with van der Waals surface area (Å²) in [5.74, 6) is 0.919. The maximum atomic E-state index is 12.9. The Hall–Kier alpha value is -4.52. The average Bonchev–Trinajstić information content (AvgIpc) is 3.29. The summed E-state index contributed by atoms with van der Waals surface area (Å²) in [5.41, 5.74) is 3.51. The fourth-order valence-corrected chi connectivity index (χ4v) is 3.16. The van der Waals surface area contributed by atoms with Crippen molar-refractivity contribution in [1.29, 1.82) is 0 Å². The van der Waals surface area contributed by atoms with Crippen molar-refractivity contribution in [3.63, 3.8) is 0 Å². The normalized spacial score (nSPS) is 10.7. The van der Waals surface area contributed by atoms with Gasteiger partial charge in [-0.2, -0.15) is 9.61 Å². The molecule has 0 saturated heterocycles. The molecule has 0 aliphatic carbocycles. The van der Waals surface area contributed by atoms with Crippen molar-refractivity contribution in [3.05, 3.63) is 103 Å². The molecule has 2 heterocycles. The summed E-state index contributed by atoms with van der Waals surface area (Å²) >= 11 is 0. The van der Waals surface area contributed by atoms with Gasteiger partial charge >= 0.3 is 0 Å². The molecule has 7 heteroatoms. The average molecular weight is 407 g/mol. The van der Waals surface area contributed by atoms with Gasteiger partial charge in [0.15, 0.2) is 5.65 Å². The van der Waals surface area contributed by atoms with Gasteiger partial charge in [0.05, 0.1) is 11.3 Å². The molecule has 2 aromatic heterocycles. The molecule has 0 fully saturated rings. The Morgan fingerprint density at radius 3 is 2.45 bits per heavy atom. The molecule has 3 aromatic carbocycles. The Bertz CT molecular complexity index is 1350. The van der Waals surface area contributed by atoms with Gasteiger partial charge in [-0.05, 0) is 48.5 Å². The highest BCUT2D eigenvalue weighted by atomic mass is 16.5. The second-order valence-corrected chi connectivity index (χ2v) is 6.80. The summed E-state index contributed by atoms with van der Waals surface area (Å²) in [6.45, 7) is 0. The number of nitrogens with zero attached hydrogens (tertiary/aromatic N) is 4. The lowest BCUT2D eigenvalue weighted by Crippen LogP contribution is -2.12. The van der Waals surface area contributed by atoms with Crippen LogP contribution in [0.5, 0.6) is 11.5 Å². The van der Waals surface area contributed by atoms with E-state index in [4.69, 9.17) is 4.74 Å². The zero-order valence-electron chi connectivity index (χ0n) is 16.3. The first-order chi connectivity index (χ1) is 15.3. The minimum absolute atomic E-state index is 0.247. The van der Waals surface area contributed by atoms with E-state index in [0.29, 0.717) is 28.4 Å². The maximum Gasteiger partial charge on any atom is 0.259 e. The maximum absolute atomic E-state index is 12.9. The van der Waals surface area contributed by atoms with Crippen molar-refractivity contribution in [2.24, 2.45) is 0 Å². The standard InChI is InChI=1S/C24H17N5O2/c30-24(20-8-4-5-9-22(20)31-19-6-2-1-3-7-19)26-18-12-10-17(11-13-18)21-14-15-23-27-25-16-29(23)28-21/h1-16H,(H,26,30). The molecule has 1 amide bonds. The van der Waals surface area contributed by atoms with Crippen LogP contribution in [0.2, 0.25) is 0 Å². The van der Waals surface area contributed by atoms with Crippen molar-refractivity contribution < 1.29 is 9.53 Å². The molecular weight excluding hydrogens is 390 g/mol. The fraction of sp³-hybridized carbons (Fsp3) is 0. The van der Waals surface area contributed by atoms with Crippen LogP contribution < -0.4 is 10.1 Å². The number of para-hydroxylation sites is 2. The van der Waals surface area contributed by atoms with E-state index < -0.39 is 0 Å². The number of amides is 1. The molecule has 150 valence electrons. The van der Waals surface area contributed by atoms with Crippen molar-refractivity contribution in [2.45, 2.75) is 0 Å². The van der Waals surface area contributed by atoms with E-state index in [1.807, 2.05) is 78.9 Å². The van der Waals surface area contributed by atoms with Gasteiger partial charge in [0, 0.05) is 11.3 Å². The van der Waals surface area contributed by atoms with Crippen molar-refractivity contribution in [3.8, 4) is 22.8 Å². The lowest BCUT2D eigenvalue weighted by molar-refractivity contribution is 0.102. The lowest BCUT2D eigenvalue weighted by atomic mass is 10.1. The zero-order chi connectivity index (χ0) is 21.0. The molecule has 0 bridgehead atoms. The fourth-order valence-electron chi connectivity index (χ4n) is 3.16. The number of fused-ring (bicyclic) bond motifs is 1. The van der Waals surface area contributed by atoms with Crippen LogP contribution in [0.4, 0.5) is 5.69 Å². The first-order valence-electron chi connectivity index (χ1n) is 9.67. The first kappa shape index (κ1) is 18.5. The molecular formula is C24H17N5O2. The second-order valence-electron chi connectivity index (χ2n) is 6.80. The number of carbonyl (C=O) groups is 1. The van der Waals surface area contributed by atoms with Gasteiger partial charge in [0.25, 0.3) is 5.91 Å². The minimum atomic E-state index is -0.247. The van der Waals surface area contributed by atoms with Gasteiger partial charge in [-0.3, -0.25) is 4.79 Å². The van der Waals surface area contributed by atoms with Crippen LogP contribution in [-0.4, -0.2) is 25.7 Å². The molecule has 0 aliphatic rings. The van der Waals surface area contributed by atoms with Crippen LogP contribution in [0.3, 0.4) is 0 Å². The van der Waals surface area contributed by atoms with Crippen LogP contribution in [0.15, 0.2) is 97.3 Å². The van der Waals surface area contributed by atoms with Crippen LogP contribution in [0.1, 0.15) is 10.4 Å². The number of aromatic nitrogens is 4. The summed E-state index contributed by atoms with van der Waals surface area (Å²) in [5, 5.41) is 15.2. The Kier molecular flexibility index (Phi) is 4.82. The summed E-state index contributed by atoms with van der Waals surface area (Å²) < 4.78 is 7.51. The quantitative estimate of drug-likeness (QED) is 0.451. The molecule has 7 nitrogen and oxygen atoms in total. The van der Waals surface area contributed by atoms with Crippen LogP contribution in [0.25, 0.3) is 16.9 Å². The van der Waals surface area contributed by atoms with Crippen LogP contribution >= 0.6 is 0 Å². The van der Waals surface area contributed by atoms with Gasteiger partial charge < -0.3 is 10.1 Å². The number of carbonyl (C=O) groups excluding carboxylic acids is 1. The van der Waals surface area contributed by atoms with Gasteiger partial charge in [0.2, 0.25) is 0 Å². The van der Waals surface area contributed by atoms with E-state index in [9.17, 15) is 4.79 Å². The molecule has 0 atom stereocenters. The summed E-state index contributed by atoms with van der Waals surface area (Å²) in [6.07, 6.45) is 1.56. The Labute approximate surface area is 178 Å². The van der Waals surface area contributed by atoms with E-state index in [1.165, 1.54) is 0 Å². The highest BCUT2D eigenvalue weighted by molar-refractivity contribution is 6.06. The number of rotatable bonds is 5. The van der Waals surface area contributed by atoms with Gasteiger partial charge in [-0.25, -0.2) is 0 Å². The Morgan fingerprint density at radius 1 is 0.839 bits per heavy atom. The summed E-state index contributed by atoms with van der Waals surface area (Å²) in [7, 11) is 0. The zero-order valence-corrected chi connectivity index (χ0v) is 16.3. The van der Waals surface area contributed by atoms with E-state index in [0.717, 1.165) is 11.3 Å². The molecule has 0 unspecified atom stereocenters. The van der Waals surface area contributed by atoms with Gasteiger partial charge in [-0.15, -0.1) is 10.2 Å². The molecule has 0 radical (unpaired) electrons. The molecule has 5 aromatic rings. The smallest absolute Gasteiger partial charge is 0.259 e. The van der Waals surface area contributed by atoms with Crippen molar-refractivity contribution in [2.75, 3.05) is 5.32 Å². The Morgan fingerprint density at radius 2 is 1.61 bits per heavy atom. The molecule has 31 heavy (non-hydrogen) atoms. The number of hydrogen-bond acceptors (Lipinski definition) is 5. The molecule has 1 N–H and O–H groups in total. The molecule has 0 spiro atoms. The summed E-state index contributed by atoms with van der Waals surface area (Å²) in [4.78, 5) is 12.9. The predicted molar refractivity (Wildman–Crippen MR) is 117 cm³/mol. The van der Waals surface area contributed by atoms with E-state index in [1.54, 1.807) is 23.0 Å². The van der Waals surface area contributed by atoms with E-state index >= 15 is 0 Å². The molecule has 5 rings (SSSR count). The largest absolute Gasteiger partial charge is 0.457 e. The lowest BCUT2D eigenvalue weighted by Gasteiger charge is -2.12. The second kappa shape index (κ2) is 8.08.